The van der Waals surface area contributed by atoms with Crippen LogP contribution >= 0.6 is 0 Å². The van der Waals surface area contributed by atoms with Gasteiger partial charge in [0.15, 0.2) is 0 Å². The van der Waals surface area contributed by atoms with Gasteiger partial charge in [-0.2, -0.15) is 4.31 Å². The Labute approximate surface area is 183 Å². The van der Waals surface area contributed by atoms with Crippen molar-refractivity contribution in [3.8, 4) is 5.75 Å². The van der Waals surface area contributed by atoms with Gasteiger partial charge in [-0.1, -0.05) is 19.9 Å². The van der Waals surface area contributed by atoms with Gasteiger partial charge in [0.1, 0.15) is 16.7 Å². The van der Waals surface area contributed by atoms with E-state index < -0.39 is 27.9 Å². The van der Waals surface area contributed by atoms with E-state index in [2.05, 4.69) is 5.32 Å². The molecule has 1 atom stereocenters. The Kier molecular flexibility index (Phi) is 9.02. The molecular weight excluding hydrogens is 424 g/mol. The van der Waals surface area contributed by atoms with Crippen LogP contribution in [0.4, 0.5) is 0 Å². The van der Waals surface area contributed by atoms with Crippen molar-refractivity contribution in [3.05, 3.63) is 29.8 Å². The second kappa shape index (κ2) is 11.3. The van der Waals surface area contributed by atoms with E-state index in [-0.39, 0.29) is 29.7 Å². The summed E-state index contributed by atoms with van der Waals surface area (Å²) >= 11 is 0. The van der Waals surface area contributed by atoms with Crippen LogP contribution in [-0.2, 0) is 29.1 Å². The number of nitrogens with zero attached hydrogens (tertiary/aromatic N) is 1. The zero-order valence-electron chi connectivity index (χ0n) is 18.3. The maximum Gasteiger partial charge on any atom is 0.328 e. The lowest BCUT2D eigenvalue weighted by molar-refractivity contribution is -0.145. The molecule has 0 aromatic heterocycles. The fourth-order valence-electron chi connectivity index (χ4n) is 3.14. The maximum absolute atomic E-state index is 13.0. The molecule has 1 aliphatic rings. The number of nitrogens with one attached hydrogen (secondary N) is 1. The summed E-state index contributed by atoms with van der Waals surface area (Å²) in [6.07, 6.45) is 3.18. The van der Waals surface area contributed by atoms with Gasteiger partial charge in [0, 0.05) is 19.2 Å². The van der Waals surface area contributed by atoms with Crippen molar-refractivity contribution in [2.45, 2.75) is 31.2 Å². The summed E-state index contributed by atoms with van der Waals surface area (Å²) in [5.41, 5.74) is 0.501. The Morgan fingerprint density at radius 3 is 2.48 bits per heavy atom. The summed E-state index contributed by atoms with van der Waals surface area (Å²) in [5, 5.41) is 2.62. The highest BCUT2D eigenvalue weighted by molar-refractivity contribution is 7.89. The average molecular weight is 455 g/mol. The second-order valence-electron chi connectivity index (χ2n) is 7.47. The van der Waals surface area contributed by atoms with Gasteiger partial charge in [-0.15, -0.1) is 0 Å². The first-order valence-corrected chi connectivity index (χ1v) is 11.5. The average Bonchev–Trinajstić information content (AvgIpc) is 2.76. The fraction of sp³-hybridized carbons (Fsp3) is 0.524. The lowest BCUT2D eigenvalue weighted by Crippen LogP contribution is -2.41. The molecule has 1 aromatic rings. The van der Waals surface area contributed by atoms with Crippen LogP contribution in [0.5, 0.6) is 5.75 Å². The minimum Gasteiger partial charge on any atom is -0.495 e. The van der Waals surface area contributed by atoms with Gasteiger partial charge in [-0.05, 0) is 36.1 Å². The third-order valence-corrected chi connectivity index (χ3v) is 6.63. The second-order valence-corrected chi connectivity index (χ2v) is 9.38. The predicted octanol–water partition coefficient (Wildman–Crippen LogP) is 1.43. The molecule has 0 bridgehead atoms. The SMILES string of the molecule is COC(=O)C(CC(C)C)NC(=O)/C=C/c1ccc(OC)c(S(=O)(=O)N2CCOCC2)c1. The number of benzene rings is 1. The van der Waals surface area contributed by atoms with Gasteiger partial charge in [0.05, 0.1) is 27.4 Å². The Hall–Kier alpha value is -2.43. The largest absolute Gasteiger partial charge is 0.495 e. The molecular formula is C21H30N2O7S. The molecule has 1 fully saturated rings. The zero-order valence-corrected chi connectivity index (χ0v) is 19.1. The van der Waals surface area contributed by atoms with Crippen LogP contribution in [0.1, 0.15) is 25.8 Å². The lowest BCUT2D eigenvalue weighted by atomic mass is 10.0. The Balaban J connectivity index is 2.21. The molecule has 1 N–H and O–H groups in total. The minimum atomic E-state index is -3.78. The van der Waals surface area contributed by atoms with Gasteiger partial charge in [-0.3, -0.25) is 4.79 Å². The van der Waals surface area contributed by atoms with Crippen LogP contribution in [-0.4, -0.2) is 71.2 Å². The van der Waals surface area contributed by atoms with Crippen molar-refractivity contribution in [2.75, 3.05) is 40.5 Å². The summed E-state index contributed by atoms with van der Waals surface area (Å²) in [7, 11) is -1.11. The summed E-state index contributed by atoms with van der Waals surface area (Å²) in [5.74, 6) is -0.595. The molecule has 1 heterocycles. The quantitative estimate of drug-likeness (QED) is 0.444. The first kappa shape index (κ1) is 24.8. The Morgan fingerprint density at radius 1 is 1.23 bits per heavy atom. The van der Waals surface area contributed by atoms with E-state index in [0.29, 0.717) is 25.2 Å². The van der Waals surface area contributed by atoms with Crippen LogP contribution in [0, 0.1) is 5.92 Å². The number of carbonyl (C=O) groups excluding carboxylic acids is 2. The molecule has 31 heavy (non-hydrogen) atoms. The number of methoxy groups -OCH3 is 2. The molecule has 0 saturated carbocycles. The van der Waals surface area contributed by atoms with Crippen LogP contribution in [0.2, 0.25) is 0 Å². The third-order valence-electron chi connectivity index (χ3n) is 4.71. The third kappa shape index (κ3) is 6.78. The van der Waals surface area contributed by atoms with Gasteiger partial charge < -0.3 is 19.5 Å². The molecule has 1 unspecified atom stereocenters. The van der Waals surface area contributed by atoms with Crippen molar-refractivity contribution in [3.63, 3.8) is 0 Å². The van der Waals surface area contributed by atoms with Gasteiger partial charge in [-0.25, -0.2) is 13.2 Å². The molecule has 172 valence electrons. The van der Waals surface area contributed by atoms with E-state index >= 15 is 0 Å². The number of ether oxygens (including phenoxy) is 3. The summed E-state index contributed by atoms with van der Waals surface area (Å²) in [6, 6.07) is 3.89. The van der Waals surface area contributed by atoms with Crippen LogP contribution in [0.3, 0.4) is 0 Å². The number of rotatable bonds is 9. The first-order valence-electron chi connectivity index (χ1n) is 10.0. The first-order chi connectivity index (χ1) is 14.7. The number of hydrogen-bond donors (Lipinski definition) is 1. The van der Waals surface area contributed by atoms with Gasteiger partial charge in [0.25, 0.3) is 0 Å². The van der Waals surface area contributed by atoms with Crippen LogP contribution < -0.4 is 10.1 Å². The molecule has 1 amide bonds. The summed E-state index contributed by atoms with van der Waals surface area (Å²) in [6.45, 7) is 5.06. The summed E-state index contributed by atoms with van der Waals surface area (Å²) in [4.78, 5) is 24.2. The molecule has 0 spiro atoms. The Bertz CT molecular complexity index is 906. The minimum absolute atomic E-state index is 0.0201. The maximum atomic E-state index is 13.0. The van der Waals surface area contributed by atoms with Crippen molar-refractivity contribution in [1.29, 1.82) is 0 Å². The van der Waals surface area contributed by atoms with E-state index in [4.69, 9.17) is 14.2 Å². The van der Waals surface area contributed by atoms with Gasteiger partial charge in [0.2, 0.25) is 15.9 Å². The molecule has 9 nitrogen and oxygen atoms in total. The standard InChI is InChI=1S/C21H30N2O7S/c1-15(2)13-17(21(25)29-4)22-20(24)8-6-16-5-7-18(28-3)19(14-16)31(26,27)23-9-11-30-12-10-23/h5-8,14-15,17H,9-13H2,1-4H3,(H,22,24)/b8-6+. The number of amides is 1. The zero-order chi connectivity index (χ0) is 23.0. The van der Waals surface area contributed by atoms with Crippen molar-refractivity contribution >= 4 is 28.0 Å². The number of carbonyl (C=O) groups is 2. The van der Waals surface area contributed by atoms with Crippen molar-refractivity contribution in [2.24, 2.45) is 5.92 Å². The molecule has 10 heteroatoms. The lowest BCUT2D eigenvalue weighted by Gasteiger charge is -2.26. The monoisotopic (exact) mass is 454 g/mol. The molecule has 0 radical (unpaired) electrons. The normalized spacial score (nSPS) is 16.3. The smallest absolute Gasteiger partial charge is 0.328 e. The molecule has 1 aromatic carbocycles. The van der Waals surface area contributed by atoms with Crippen LogP contribution in [0.25, 0.3) is 6.08 Å². The number of esters is 1. The molecule has 1 saturated heterocycles. The van der Waals surface area contributed by atoms with E-state index in [1.165, 1.54) is 36.7 Å². The predicted molar refractivity (Wildman–Crippen MR) is 115 cm³/mol. The number of hydrogen-bond acceptors (Lipinski definition) is 7. The van der Waals surface area contributed by atoms with Crippen LogP contribution in [0.15, 0.2) is 29.2 Å². The summed E-state index contributed by atoms with van der Waals surface area (Å²) < 4.78 is 42.7. The topological polar surface area (TPSA) is 111 Å². The van der Waals surface area contributed by atoms with Crippen molar-refractivity contribution in [1.82, 2.24) is 9.62 Å². The molecule has 2 rings (SSSR count). The molecule has 1 aliphatic heterocycles. The van der Waals surface area contributed by atoms with E-state index in [1.54, 1.807) is 12.1 Å². The van der Waals surface area contributed by atoms with E-state index in [9.17, 15) is 18.0 Å². The van der Waals surface area contributed by atoms with Gasteiger partial charge >= 0.3 is 5.97 Å². The highest BCUT2D eigenvalue weighted by atomic mass is 32.2. The number of sulfonamides is 1. The molecule has 0 aliphatic carbocycles. The fourth-order valence-corrected chi connectivity index (χ4v) is 4.74. The van der Waals surface area contributed by atoms with E-state index in [1.807, 2.05) is 13.8 Å². The highest BCUT2D eigenvalue weighted by Gasteiger charge is 2.29. The highest BCUT2D eigenvalue weighted by Crippen LogP contribution is 2.28. The Morgan fingerprint density at radius 2 is 1.90 bits per heavy atom. The number of morpholine rings is 1. The van der Waals surface area contributed by atoms with Crippen molar-refractivity contribution < 1.29 is 32.2 Å². The van der Waals surface area contributed by atoms with E-state index in [0.717, 1.165) is 0 Å².